The van der Waals surface area contributed by atoms with Crippen molar-refractivity contribution >= 4 is 14.5 Å². The number of hydrogen-bond acceptors (Lipinski definition) is 6. The first-order valence-corrected chi connectivity index (χ1v) is 9.99. The molecular weight excluding hydrogens is 254 g/mol. The maximum absolute atomic E-state index is 9.15. The van der Waals surface area contributed by atoms with E-state index in [1.807, 2.05) is 0 Å². The summed E-state index contributed by atoms with van der Waals surface area (Å²) in [6.07, 6.45) is -0.836. The molecule has 0 radical (unpaired) electrons. The molecule has 0 aromatic heterocycles. The summed E-state index contributed by atoms with van der Waals surface area (Å²) in [6.45, 7) is 0. The second kappa shape index (κ2) is 7.85. The van der Waals surface area contributed by atoms with Gasteiger partial charge in [0.05, 0.1) is 14.5 Å². The number of rotatable bonds is 9. The van der Waals surface area contributed by atoms with Crippen LogP contribution in [-0.2, 0) is 0 Å². The van der Waals surface area contributed by atoms with Crippen molar-refractivity contribution in [2.24, 2.45) is 0 Å². The molecule has 0 atom stereocenters. The van der Waals surface area contributed by atoms with Crippen molar-refractivity contribution in [3.63, 3.8) is 0 Å². The van der Waals surface area contributed by atoms with Gasteiger partial charge in [-0.3, -0.25) is 0 Å². The van der Waals surface area contributed by atoms with Crippen LogP contribution in [-0.4, -0.2) is 81.1 Å². The van der Waals surface area contributed by atoms with Gasteiger partial charge in [0, 0.05) is 0 Å². The number of aliphatic hydroxyl groups excluding tert-OH is 6. The van der Waals surface area contributed by atoms with Gasteiger partial charge in [-0.15, -0.1) is 0 Å². The van der Waals surface area contributed by atoms with Gasteiger partial charge in [0.25, 0.3) is 0 Å². The van der Waals surface area contributed by atoms with Crippen LogP contribution in [0.1, 0.15) is 0 Å². The molecule has 0 bridgehead atoms. The molecule has 0 spiro atoms. The van der Waals surface area contributed by atoms with Gasteiger partial charge >= 0.3 is 0 Å². The molecule has 6 N–H and O–H groups in total. The molecule has 0 rings (SSSR count). The molecule has 0 unspecified atom stereocenters. The Kier molecular flexibility index (Phi) is 8.16. The third-order valence-electron chi connectivity index (χ3n) is 2.85. The van der Waals surface area contributed by atoms with Crippen molar-refractivity contribution in [3.05, 3.63) is 0 Å². The van der Waals surface area contributed by atoms with Crippen LogP contribution in [0.2, 0.25) is 0 Å². The molecule has 0 saturated heterocycles. The van der Waals surface area contributed by atoms with Crippen LogP contribution < -0.4 is 0 Å². The molecule has 0 heterocycles. The quantitative estimate of drug-likeness (QED) is 0.292. The van der Waals surface area contributed by atoms with E-state index in [0.717, 1.165) is 0 Å². The topological polar surface area (TPSA) is 121 Å². The smallest absolute Gasteiger partial charge is 0.158 e. The predicted octanol–water partition coefficient (Wildman–Crippen LogP) is -1.28. The third kappa shape index (κ3) is 4.13. The van der Waals surface area contributed by atoms with Crippen LogP contribution in [0.3, 0.4) is 0 Å². The normalized spacial score (nSPS) is 13.1. The fraction of sp³-hybridized carbons (Fsp3) is 1.00. The summed E-state index contributed by atoms with van der Waals surface area (Å²) in [5, 5.41) is 54.9. The summed E-state index contributed by atoms with van der Waals surface area (Å²) in [7, 11) is -4.43. The second-order valence-corrected chi connectivity index (χ2v) is 11.9. The Hall–Kier alpha value is 0.620. The van der Waals surface area contributed by atoms with Crippen molar-refractivity contribution in [3.8, 4) is 0 Å². The maximum atomic E-state index is 9.15. The van der Waals surface area contributed by atoms with Crippen molar-refractivity contribution in [2.45, 2.75) is 0 Å². The third-order valence-corrected chi connectivity index (χ3v) is 9.15. The average Bonchev–Trinajstić information content (AvgIpc) is 2.37. The van der Waals surface area contributed by atoms with Gasteiger partial charge < -0.3 is 30.6 Å². The maximum Gasteiger partial charge on any atom is 0.158 e. The van der Waals surface area contributed by atoms with E-state index in [-0.39, 0.29) is 38.1 Å². The monoisotopic (exact) mass is 276 g/mol. The Morgan fingerprint density at radius 1 is 0.438 bits per heavy atom. The first kappa shape index (κ1) is 16.6. The van der Waals surface area contributed by atoms with Crippen LogP contribution >= 0.6 is 14.5 Å². The minimum absolute atomic E-state index is 0.262. The van der Waals surface area contributed by atoms with Crippen LogP contribution in [0.25, 0.3) is 0 Å². The molecule has 0 aliphatic rings. The lowest BCUT2D eigenvalue weighted by atomic mass is 11.0. The Morgan fingerprint density at radius 2 is 0.625 bits per heavy atom. The van der Waals surface area contributed by atoms with Crippen LogP contribution in [0.4, 0.5) is 0 Å². The zero-order valence-corrected chi connectivity index (χ0v) is 11.0. The van der Waals surface area contributed by atoms with Crippen molar-refractivity contribution in [1.29, 1.82) is 0 Å². The molecule has 98 valence electrons. The molecule has 0 fully saturated rings. The summed E-state index contributed by atoms with van der Waals surface area (Å²) in [6, 6.07) is 0. The van der Waals surface area contributed by atoms with Crippen LogP contribution in [0, 0.1) is 0 Å². The largest absolute Gasteiger partial charge is 0.362 e. The summed E-state index contributed by atoms with van der Waals surface area (Å²) in [4.78, 5) is 0. The van der Waals surface area contributed by atoms with Crippen LogP contribution in [0.5, 0.6) is 0 Å². The zero-order chi connectivity index (χ0) is 12.7. The van der Waals surface area contributed by atoms with Crippen molar-refractivity contribution in [2.75, 3.05) is 50.4 Å². The van der Waals surface area contributed by atoms with E-state index in [1.54, 1.807) is 0 Å². The average molecular weight is 276 g/mol. The van der Waals surface area contributed by atoms with Gasteiger partial charge in [-0.25, -0.2) is 0 Å². The molecule has 0 saturated carbocycles. The van der Waals surface area contributed by atoms with Gasteiger partial charge in [0.1, 0.15) is 12.3 Å². The Labute approximate surface area is 96.2 Å². The van der Waals surface area contributed by atoms with E-state index in [4.69, 9.17) is 30.6 Å². The molecule has 6 nitrogen and oxygen atoms in total. The first-order chi connectivity index (χ1) is 7.57. The molecule has 8 heteroatoms. The molecular formula is C8H22O6P2+2. The minimum Gasteiger partial charge on any atom is -0.362 e. The fourth-order valence-electron chi connectivity index (χ4n) is 1.12. The summed E-state index contributed by atoms with van der Waals surface area (Å²) in [5.41, 5.74) is 0. The van der Waals surface area contributed by atoms with E-state index in [0.29, 0.717) is 12.3 Å². The van der Waals surface area contributed by atoms with E-state index < -0.39 is 14.5 Å². The number of hydrogen-bond donors (Lipinski definition) is 6. The second-order valence-electron chi connectivity index (χ2n) is 3.98. The Bertz CT molecular complexity index is 147. The van der Waals surface area contributed by atoms with Crippen molar-refractivity contribution < 1.29 is 30.6 Å². The number of aliphatic hydroxyl groups is 6. The van der Waals surface area contributed by atoms with Crippen LogP contribution in [0.15, 0.2) is 0 Å². The van der Waals surface area contributed by atoms with Gasteiger partial charge in [0.15, 0.2) is 38.1 Å². The lowest BCUT2D eigenvalue weighted by Crippen LogP contribution is -2.19. The lowest BCUT2D eigenvalue weighted by Gasteiger charge is -2.24. The van der Waals surface area contributed by atoms with Gasteiger partial charge in [-0.2, -0.15) is 0 Å². The predicted molar refractivity (Wildman–Crippen MR) is 66.1 cm³/mol. The lowest BCUT2D eigenvalue weighted by molar-refractivity contribution is 0.308. The van der Waals surface area contributed by atoms with Gasteiger partial charge in [-0.1, -0.05) is 0 Å². The highest BCUT2D eigenvalue weighted by molar-refractivity contribution is 7.79. The van der Waals surface area contributed by atoms with E-state index in [9.17, 15) is 0 Å². The highest BCUT2D eigenvalue weighted by Crippen LogP contribution is 2.63. The van der Waals surface area contributed by atoms with Crippen molar-refractivity contribution in [1.82, 2.24) is 0 Å². The highest BCUT2D eigenvalue weighted by atomic mass is 31.2. The zero-order valence-electron chi connectivity index (χ0n) is 9.23. The Balaban J connectivity index is 4.48. The first-order valence-electron chi connectivity index (χ1n) is 4.93. The van der Waals surface area contributed by atoms with E-state index in [2.05, 4.69) is 0 Å². The summed E-state index contributed by atoms with van der Waals surface area (Å²) in [5.74, 6) is 0. The van der Waals surface area contributed by atoms with Gasteiger partial charge in [0.2, 0.25) is 0 Å². The molecule has 0 aliphatic carbocycles. The van der Waals surface area contributed by atoms with E-state index in [1.165, 1.54) is 0 Å². The standard InChI is InChI=1S/C8H22O6P2/c9-3-15(4-10,5-11)1-2-16(6-12,7-13)8-14/h9-14H,1-8H2/q+2. The molecule has 0 aromatic carbocycles. The SMILES string of the molecule is OC[P+](CO)(CO)CC[P+](CO)(CO)CO. The summed E-state index contributed by atoms with van der Waals surface area (Å²) >= 11 is 0. The fourth-order valence-corrected chi connectivity index (χ4v) is 5.90. The molecule has 0 aromatic rings. The molecule has 0 amide bonds. The molecule has 16 heavy (non-hydrogen) atoms. The van der Waals surface area contributed by atoms with Gasteiger partial charge in [-0.05, 0) is 0 Å². The van der Waals surface area contributed by atoms with E-state index >= 15 is 0 Å². The Morgan fingerprint density at radius 3 is 0.750 bits per heavy atom. The summed E-state index contributed by atoms with van der Waals surface area (Å²) < 4.78 is 0. The molecule has 0 aliphatic heterocycles. The minimum atomic E-state index is -2.21. The highest BCUT2D eigenvalue weighted by Gasteiger charge is 2.43.